The van der Waals surface area contributed by atoms with E-state index in [2.05, 4.69) is 10.2 Å². The zero-order chi connectivity index (χ0) is 12.9. The molecule has 1 N–H and O–H groups in total. The second kappa shape index (κ2) is 3.74. The summed E-state index contributed by atoms with van der Waals surface area (Å²) in [5.74, 6) is -0.166. The molecule has 1 aromatic carbocycles. The Labute approximate surface area is 105 Å². The standard InChI is InChI=1S/C11H9FN4OS/c1-2-15-9(17)6-4-3-5-7(12)8(6)16-10(15)13-14-11(16)18/h3-5H,2H2,1H3,(H,14,18). The van der Waals surface area contributed by atoms with E-state index in [1.54, 1.807) is 6.07 Å². The van der Waals surface area contributed by atoms with Gasteiger partial charge >= 0.3 is 0 Å². The predicted molar refractivity (Wildman–Crippen MR) is 67.8 cm³/mol. The van der Waals surface area contributed by atoms with Crippen molar-refractivity contribution in [1.29, 1.82) is 0 Å². The Morgan fingerprint density at radius 1 is 1.50 bits per heavy atom. The highest BCUT2D eigenvalue weighted by Crippen LogP contribution is 2.16. The van der Waals surface area contributed by atoms with Crippen LogP contribution in [-0.2, 0) is 6.54 Å². The summed E-state index contributed by atoms with van der Waals surface area (Å²) in [7, 11) is 0. The summed E-state index contributed by atoms with van der Waals surface area (Å²) >= 11 is 5.09. The zero-order valence-electron chi connectivity index (χ0n) is 9.48. The van der Waals surface area contributed by atoms with E-state index in [9.17, 15) is 9.18 Å². The maximum atomic E-state index is 13.9. The van der Waals surface area contributed by atoms with Crippen LogP contribution in [0.15, 0.2) is 23.0 Å². The lowest BCUT2D eigenvalue weighted by Gasteiger charge is -2.08. The van der Waals surface area contributed by atoms with Crippen molar-refractivity contribution in [2.45, 2.75) is 13.5 Å². The Hall–Kier alpha value is -2.02. The van der Waals surface area contributed by atoms with Crippen molar-refractivity contribution in [2.24, 2.45) is 0 Å². The van der Waals surface area contributed by atoms with Crippen molar-refractivity contribution in [1.82, 2.24) is 19.2 Å². The maximum Gasteiger partial charge on any atom is 0.262 e. The summed E-state index contributed by atoms with van der Waals surface area (Å²) in [5, 5.41) is 6.86. The van der Waals surface area contributed by atoms with Crippen LogP contribution in [0.1, 0.15) is 6.92 Å². The van der Waals surface area contributed by atoms with Crippen molar-refractivity contribution in [2.75, 3.05) is 0 Å². The molecule has 0 aliphatic rings. The topological polar surface area (TPSA) is 55.1 Å². The van der Waals surface area contributed by atoms with Crippen LogP contribution in [0, 0.1) is 10.6 Å². The molecule has 0 saturated heterocycles. The highest BCUT2D eigenvalue weighted by molar-refractivity contribution is 7.71. The summed E-state index contributed by atoms with van der Waals surface area (Å²) < 4.78 is 17.1. The average Bonchev–Trinajstić information content (AvgIpc) is 2.72. The molecular weight excluding hydrogens is 255 g/mol. The SMILES string of the molecule is CCn1c(=O)c2cccc(F)c2n2c(=S)[nH]nc12. The number of aryl methyl sites for hydroxylation is 1. The Morgan fingerprint density at radius 3 is 3.00 bits per heavy atom. The summed E-state index contributed by atoms with van der Waals surface area (Å²) in [6, 6.07) is 4.39. The van der Waals surface area contributed by atoms with Gasteiger partial charge in [0.25, 0.3) is 5.56 Å². The maximum absolute atomic E-state index is 13.9. The lowest BCUT2D eigenvalue weighted by atomic mass is 10.2. The number of fused-ring (bicyclic) bond motifs is 3. The normalized spacial score (nSPS) is 11.4. The van der Waals surface area contributed by atoms with Gasteiger partial charge in [-0.3, -0.25) is 13.8 Å². The third-order valence-electron chi connectivity index (χ3n) is 2.90. The summed E-state index contributed by atoms with van der Waals surface area (Å²) in [5.41, 5.74) is -0.102. The molecule has 0 radical (unpaired) electrons. The number of aromatic amines is 1. The Bertz CT molecular complexity index is 876. The molecule has 5 nitrogen and oxygen atoms in total. The van der Waals surface area contributed by atoms with E-state index in [1.165, 1.54) is 21.1 Å². The van der Waals surface area contributed by atoms with Crippen LogP contribution < -0.4 is 5.56 Å². The van der Waals surface area contributed by atoms with Crippen LogP contribution in [0.2, 0.25) is 0 Å². The molecule has 2 aromatic heterocycles. The number of hydrogen-bond donors (Lipinski definition) is 1. The number of halogens is 1. The van der Waals surface area contributed by atoms with E-state index < -0.39 is 5.82 Å². The lowest BCUT2D eigenvalue weighted by Crippen LogP contribution is -2.22. The summed E-state index contributed by atoms with van der Waals surface area (Å²) in [4.78, 5) is 12.2. The van der Waals surface area contributed by atoms with E-state index in [0.29, 0.717) is 17.7 Å². The van der Waals surface area contributed by atoms with Crippen LogP contribution in [0.25, 0.3) is 16.7 Å². The van der Waals surface area contributed by atoms with Gasteiger partial charge in [0.2, 0.25) is 10.5 Å². The molecule has 18 heavy (non-hydrogen) atoms. The van der Waals surface area contributed by atoms with Gasteiger partial charge < -0.3 is 0 Å². The highest BCUT2D eigenvalue weighted by atomic mass is 32.1. The second-order valence-corrected chi connectivity index (χ2v) is 4.24. The first kappa shape index (κ1) is 11.1. The molecule has 7 heteroatoms. The summed E-state index contributed by atoms with van der Waals surface area (Å²) in [6.07, 6.45) is 0. The molecule has 0 atom stereocenters. The van der Waals surface area contributed by atoms with Gasteiger partial charge in [-0.1, -0.05) is 6.07 Å². The van der Waals surface area contributed by atoms with Crippen LogP contribution in [0.4, 0.5) is 4.39 Å². The van der Waals surface area contributed by atoms with Gasteiger partial charge in [-0.15, -0.1) is 5.10 Å². The molecule has 0 spiro atoms. The van der Waals surface area contributed by atoms with E-state index in [1.807, 2.05) is 6.92 Å². The number of aromatic nitrogens is 4. The molecule has 0 saturated carbocycles. The fraction of sp³-hybridized carbons (Fsp3) is 0.182. The largest absolute Gasteiger partial charge is 0.277 e. The minimum atomic E-state index is -0.490. The van der Waals surface area contributed by atoms with Crippen LogP contribution in [0.5, 0.6) is 0 Å². The van der Waals surface area contributed by atoms with Crippen molar-refractivity contribution in [3.05, 3.63) is 39.1 Å². The molecule has 0 unspecified atom stereocenters. The van der Waals surface area contributed by atoms with Crippen molar-refractivity contribution < 1.29 is 4.39 Å². The van der Waals surface area contributed by atoms with Gasteiger partial charge in [0, 0.05) is 6.54 Å². The minimum Gasteiger partial charge on any atom is -0.277 e. The van der Waals surface area contributed by atoms with Gasteiger partial charge in [0.15, 0.2) is 0 Å². The van der Waals surface area contributed by atoms with E-state index in [-0.39, 0.29) is 15.8 Å². The number of hydrogen-bond acceptors (Lipinski definition) is 3. The molecule has 0 amide bonds. The van der Waals surface area contributed by atoms with Gasteiger partial charge in [-0.2, -0.15) is 0 Å². The third kappa shape index (κ3) is 1.28. The second-order valence-electron chi connectivity index (χ2n) is 3.85. The van der Waals surface area contributed by atoms with E-state index in [4.69, 9.17) is 12.2 Å². The van der Waals surface area contributed by atoms with Crippen LogP contribution >= 0.6 is 12.2 Å². The van der Waals surface area contributed by atoms with Crippen molar-refractivity contribution in [3.63, 3.8) is 0 Å². The number of nitrogens with zero attached hydrogens (tertiary/aromatic N) is 3. The third-order valence-corrected chi connectivity index (χ3v) is 3.17. The molecule has 0 fully saturated rings. The average molecular weight is 264 g/mol. The van der Waals surface area contributed by atoms with Gasteiger partial charge in [-0.25, -0.2) is 9.49 Å². The summed E-state index contributed by atoms with van der Waals surface area (Å²) in [6.45, 7) is 2.26. The predicted octanol–water partition coefficient (Wildman–Crippen LogP) is 1.87. The molecule has 0 bridgehead atoms. The molecule has 92 valence electrons. The lowest BCUT2D eigenvalue weighted by molar-refractivity contribution is 0.632. The fourth-order valence-electron chi connectivity index (χ4n) is 2.11. The van der Waals surface area contributed by atoms with Gasteiger partial charge in [0.05, 0.1) is 10.9 Å². The highest BCUT2D eigenvalue weighted by Gasteiger charge is 2.14. The van der Waals surface area contributed by atoms with Gasteiger partial charge in [-0.05, 0) is 31.3 Å². The quantitative estimate of drug-likeness (QED) is 0.683. The monoisotopic (exact) mass is 264 g/mol. The van der Waals surface area contributed by atoms with Crippen LogP contribution in [-0.4, -0.2) is 19.2 Å². The molecule has 0 aliphatic heterocycles. The van der Waals surface area contributed by atoms with Crippen LogP contribution in [0.3, 0.4) is 0 Å². The molecule has 3 aromatic rings. The molecule has 2 heterocycles. The number of rotatable bonds is 1. The Balaban J connectivity index is 2.79. The first-order valence-electron chi connectivity index (χ1n) is 5.43. The molecule has 0 aliphatic carbocycles. The van der Waals surface area contributed by atoms with Crippen molar-refractivity contribution >= 4 is 28.9 Å². The Morgan fingerprint density at radius 2 is 2.28 bits per heavy atom. The van der Waals surface area contributed by atoms with Gasteiger partial charge in [0.1, 0.15) is 5.82 Å². The number of H-pyrrole nitrogens is 1. The molecule has 3 rings (SSSR count). The first-order chi connectivity index (χ1) is 8.65. The number of benzene rings is 1. The van der Waals surface area contributed by atoms with Crippen molar-refractivity contribution in [3.8, 4) is 0 Å². The van der Waals surface area contributed by atoms with E-state index in [0.717, 1.165) is 0 Å². The Kier molecular flexibility index (Phi) is 2.30. The zero-order valence-corrected chi connectivity index (χ0v) is 10.3. The van der Waals surface area contributed by atoms with E-state index >= 15 is 0 Å². The first-order valence-corrected chi connectivity index (χ1v) is 5.84. The number of nitrogens with one attached hydrogen (secondary N) is 1. The molecular formula is C11H9FN4OS. The smallest absolute Gasteiger partial charge is 0.262 e. The number of para-hydroxylation sites is 1. The fourth-order valence-corrected chi connectivity index (χ4v) is 2.33. The minimum absolute atomic E-state index is 0.168.